The summed E-state index contributed by atoms with van der Waals surface area (Å²) >= 11 is 0. The van der Waals surface area contributed by atoms with E-state index < -0.39 is 18.1 Å². The summed E-state index contributed by atoms with van der Waals surface area (Å²) in [7, 11) is 1.97. The summed E-state index contributed by atoms with van der Waals surface area (Å²) < 4.78 is 33.7. The van der Waals surface area contributed by atoms with Gasteiger partial charge >= 0.3 is 18.1 Å². The van der Waals surface area contributed by atoms with Gasteiger partial charge in [0.25, 0.3) is 0 Å². The van der Waals surface area contributed by atoms with Gasteiger partial charge in [-0.15, -0.1) is 0 Å². The molecule has 0 radical (unpaired) electrons. The van der Waals surface area contributed by atoms with E-state index in [0.717, 1.165) is 38.4 Å². The van der Waals surface area contributed by atoms with Crippen LogP contribution in [-0.2, 0) is 23.2 Å². The van der Waals surface area contributed by atoms with Crippen molar-refractivity contribution >= 4 is 11.9 Å². The Hall–Kier alpha value is -2.14. The molecule has 1 fully saturated rings. The molecule has 1 aliphatic rings. The monoisotopic (exact) mass is 408 g/mol. The van der Waals surface area contributed by atoms with Crippen molar-refractivity contribution in [3.63, 3.8) is 0 Å². The molecule has 1 aromatic heterocycles. The largest absolute Gasteiger partial charge is 0.490 e. The van der Waals surface area contributed by atoms with Crippen LogP contribution in [0.25, 0.3) is 0 Å². The van der Waals surface area contributed by atoms with Gasteiger partial charge in [-0.2, -0.15) is 18.3 Å². The predicted molar refractivity (Wildman–Crippen MR) is 94.9 cm³/mol. The van der Waals surface area contributed by atoms with Crippen LogP contribution >= 0.6 is 0 Å². The highest BCUT2D eigenvalue weighted by Gasteiger charge is 2.38. The maximum atomic E-state index is 11.2. The molecule has 1 aromatic rings. The first-order chi connectivity index (χ1) is 12.9. The average molecular weight is 408 g/mol. The third kappa shape index (κ3) is 6.48. The van der Waals surface area contributed by atoms with Crippen molar-refractivity contribution in [1.29, 1.82) is 0 Å². The van der Waals surface area contributed by atoms with Gasteiger partial charge in [0.2, 0.25) is 0 Å². The molecule has 1 unspecified atom stereocenters. The Kier molecular flexibility index (Phi) is 8.43. The van der Waals surface area contributed by atoms with Crippen LogP contribution in [-0.4, -0.2) is 80.1 Å². The summed E-state index contributed by atoms with van der Waals surface area (Å²) in [5.74, 6) is -3.46. The first kappa shape index (κ1) is 23.9. The lowest BCUT2D eigenvalue weighted by Crippen LogP contribution is -2.52. The summed E-state index contributed by atoms with van der Waals surface area (Å²) in [6.07, 6.45) is -4.42. The zero-order valence-electron chi connectivity index (χ0n) is 16.5. The number of hydrogen-bond acceptors (Lipinski definition) is 5. The van der Waals surface area contributed by atoms with E-state index in [1.54, 1.807) is 0 Å². The smallest absolute Gasteiger partial charge is 0.480 e. The summed E-state index contributed by atoms with van der Waals surface area (Å²) in [6.45, 7) is 10.5. The molecule has 2 rings (SSSR count). The minimum atomic E-state index is -5.08. The fourth-order valence-corrected chi connectivity index (χ4v) is 3.09. The quantitative estimate of drug-likeness (QED) is 0.764. The molecular formula is C17H27F3N4O4. The second kappa shape index (κ2) is 9.87. The number of aliphatic carboxylic acids is 2. The van der Waals surface area contributed by atoms with Gasteiger partial charge in [0, 0.05) is 51.0 Å². The van der Waals surface area contributed by atoms with E-state index in [9.17, 15) is 23.1 Å². The number of aryl methyl sites for hydroxylation is 2. The van der Waals surface area contributed by atoms with Crippen molar-refractivity contribution < 1.29 is 33.0 Å². The van der Waals surface area contributed by atoms with Gasteiger partial charge in [0.15, 0.2) is 0 Å². The maximum absolute atomic E-state index is 11.2. The summed E-state index contributed by atoms with van der Waals surface area (Å²) in [5, 5.41) is 20.8. The van der Waals surface area contributed by atoms with Crippen molar-refractivity contribution in [3.8, 4) is 0 Å². The number of carboxylic acids is 2. The highest BCUT2D eigenvalue weighted by Crippen LogP contribution is 2.17. The fraction of sp³-hybridized carbons (Fsp3) is 0.706. The van der Waals surface area contributed by atoms with Crippen molar-refractivity contribution in [3.05, 3.63) is 17.0 Å². The van der Waals surface area contributed by atoms with Crippen molar-refractivity contribution in [2.75, 3.05) is 26.2 Å². The van der Waals surface area contributed by atoms with Gasteiger partial charge in [-0.3, -0.25) is 19.3 Å². The summed E-state index contributed by atoms with van der Waals surface area (Å²) in [4.78, 5) is 24.6. The number of carbonyl (C=O) groups is 2. The maximum Gasteiger partial charge on any atom is 0.490 e. The first-order valence-corrected chi connectivity index (χ1v) is 8.86. The van der Waals surface area contributed by atoms with Crippen molar-refractivity contribution in [2.24, 2.45) is 7.05 Å². The SMILES string of the molecule is CCC(C(=O)O)N1CCN(Cc2c(C)nn(C)c2C)CC1.O=C(O)C(F)(F)F. The molecular weight excluding hydrogens is 381 g/mol. The average Bonchev–Trinajstić information content (AvgIpc) is 2.82. The Labute approximate surface area is 161 Å². The minimum absolute atomic E-state index is 0.339. The third-order valence-electron chi connectivity index (χ3n) is 4.80. The number of hydrogen-bond donors (Lipinski definition) is 2. The van der Waals surface area contributed by atoms with Crippen LogP contribution in [0, 0.1) is 13.8 Å². The highest BCUT2D eigenvalue weighted by molar-refractivity contribution is 5.73. The van der Waals surface area contributed by atoms with Crippen molar-refractivity contribution in [2.45, 2.75) is 46.0 Å². The molecule has 0 spiro atoms. The van der Waals surface area contributed by atoms with E-state index in [1.807, 2.05) is 18.7 Å². The number of aromatic nitrogens is 2. The molecule has 28 heavy (non-hydrogen) atoms. The molecule has 1 saturated heterocycles. The second-order valence-corrected chi connectivity index (χ2v) is 6.65. The Morgan fingerprint density at radius 3 is 1.96 bits per heavy atom. The molecule has 1 aliphatic heterocycles. The Bertz CT molecular complexity index is 683. The number of halogens is 3. The van der Waals surface area contributed by atoms with E-state index >= 15 is 0 Å². The van der Waals surface area contributed by atoms with E-state index in [1.165, 1.54) is 11.3 Å². The van der Waals surface area contributed by atoms with Crippen LogP contribution in [0.1, 0.15) is 30.3 Å². The Morgan fingerprint density at radius 2 is 1.64 bits per heavy atom. The lowest BCUT2D eigenvalue weighted by molar-refractivity contribution is -0.192. The van der Waals surface area contributed by atoms with Crippen LogP contribution in [0.4, 0.5) is 13.2 Å². The van der Waals surface area contributed by atoms with Gasteiger partial charge in [-0.05, 0) is 20.3 Å². The van der Waals surface area contributed by atoms with Crippen LogP contribution in [0.2, 0.25) is 0 Å². The molecule has 11 heteroatoms. The van der Waals surface area contributed by atoms with Crippen LogP contribution < -0.4 is 0 Å². The Balaban J connectivity index is 0.000000480. The lowest BCUT2D eigenvalue weighted by Gasteiger charge is -2.37. The first-order valence-electron chi connectivity index (χ1n) is 8.86. The van der Waals surface area contributed by atoms with Gasteiger partial charge in [-0.1, -0.05) is 6.92 Å². The normalized spacial score (nSPS) is 17.0. The van der Waals surface area contributed by atoms with E-state index in [-0.39, 0.29) is 6.04 Å². The topological polar surface area (TPSA) is 98.9 Å². The van der Waals surface area contributed by atoms with Crippen LogP contribution in [0.15, 0.2) is 0 Å². The molecule has 0 saturated carbocycles. The summed E-state index contributed by atoms with van der Waals surface area (Å²) in [6, 6.07) is -0.339. The summed E-state index contributed by atoms with van der Waals surface area (Å²) in [5.41, 5.74) is 3.61. The van der Waals surface area contributed by atoms with E-state index in [4.69, 9.17) is 9.90 Å². The van der Waals surface area contributed by atoms with Crippen LogP contribution in [0.5, 0.6) is 0 Å². The van der Waals surface area contributed by atoms with Gasteiger partial charge in [0.05, 0.1) is 5.69 Å². The number of rotatable bonds is 5. The van der Waals surface area contributed by atoms with Gasteiger partial charge in [-0.25, -0.2) is 4.79 Å². The number of alkyl halides is 3. The minimum Gasteiger partial charge on any atom is -0.480 e. The Morgan fingerprint density at radius 1 is 1.14 bits per heavy atom. The fourth-order valence-electron chi connectivity index (χ4n) is 3.09. The van der Waals surface area contributed by atoms with Crippen LogP contribution in [0.3, 0.4) is 0 Å². The molecule has 0 aromatic carbocycles. The van der Waals surface area contributed by atoms with Gasteiger partial charge in [0.1, 0.15) is 6.04 Å². The molecule has 8 nitrogen and oxygen atoms in total. The van der Waals surface area contributed by atoms with Crippen molar-refractivity contribution in [1.82, 2.24) is 19.6 Å². The van der Waals surface area contributed by atoms with E-state index in [0.29, 0.717) is 6.42 Å². The molecule has 0 amide bonds. The molecule has 0 aliphatic carbocycles. The number of nitrogens with zero attached hydrogens (tertiary/aromatic N) is 4. The highest BCUT2D eigenvalue weighted by atomic mass is 19.4. The van der Waals surface area contributed by atoms with E-state index in [2.05, 4.69) is 28.7 Å². The predicted octanol–water partition coefficient (Wildman–Crippen LogP) is 1.65. The zero-order chi connectivity index (χ0) is 21.6. The molecule has 1 atom stereocenters. The number of carboxylic acid groups (broad SMARTS) is 2. The molecule has 2 N–H and O–H groups in total. The van der Waals surface area contributed by atoms with Gasteiger partial charge < -0.3 is 10.2 Å². The number of piperazine rings is 1. The molecule has 2 heterocycles. The molecule has 0 bridgehead atoms. The molecule has 160 valence electrons. The second-order valence-electron chi connectivity index (χ2n) is 6.65. The zero-order valence-corrected chi connectivity index (χ0v) is 16.5. The standard InChI is InChI=1S/C15H26N4O2.C2HF3O2/c1-5-14(15(20)21)19-8-6-18(7-9-19)10-13-11(2)16-17(4)12(13)3;3-2(4,5)1(6)7/h14H,5-10H2,1-4H3,(H,20,21);(H,6,7). The third-order valence-corrected chi connectivity index (χ3v) is 4.80. The lowest BCUT2D eigenvalue weighted by atomic mass is 10.1.